The quantitative estimate of drug-likeness (QED) is 0.0375. The second kappa shape index (κ2) is 25.6. The van der Waals surface area contributed by atoms with Crippen molar-refractivity contribution in [2.45, 2.75) is 157 Å². The number of hydrogen-bond donors (Lipinski definition) is 0. The van der Waals surface area contributed by atoms with Gasteiger partial charge >= 0.3 is 410 Å². The average Bonchev–Trinajstić information content (AvgIpc) is 3.35. The van der Waals surface area contributed by atoms with E-state index in [1.165, 1.54) is 142 Å². The van der Waals surface area contributed by atoms with E-state index in [0.717, 1.165) is 38.5 Å². The molecule has 0 aliphatic rings. The molecule has 6 aromatic carbocycles. The molecular weight excluding hydrogens is 912 g/mol. The van der Waals surface area contributed by atoms with Crippen molar-refractivity contribution in [3.8, 4) is 0 Å². The maximum atomic E-state index is 9.31. The van der Waals surface area contributed by atoms with Crippen molar-refractivity contribution in [1.29, 1.82) is 0 Å². The van der Waals surface area contributed by atoms with Crippen LogP contribution in [-0.2, 0) is 48.3 Å². The molecule has 0 radical (unpaired) electrons. The molecule has 6 rings (SSSR count). The van der Waals surface area contributed by atoms with Crippen LogP contribution in [0.2, 0.25) is 0 Å². The van der Waals surface area contributed by atoms with Crippen LogP contribution in [-0.4, -0.2) is 0 Å². The number of rotatable bonds is 26. The first kappa shape index (κ1) is 51.6. The fraction of sp³-hybridized carbons (Fsp3) is 0.400. The number of halogens is 2. The molecule has 65 heavy (non-hydrogen) atoms. The van der Waals surface area contributed by atoms with Crippen LogP contribution in [0.3, 0.4) is 0 Å². The van der Waals surface area contributed by atoms with Crippen molar-refractivity contribution in [1.82, 2.24) is 0 Å². The van der Waals surface area contributed by atoms with Gasteiger partial charge in [0.1, 0.15) is 0 Å². The van der Waals surface area contributed by atoms with Crippen LogP contribution in [0.4, 0.5) is 0 Å². The Morgan fingerprint density at radius 1 is 0.262 bits per heavy atom. The fourth-order valence-electron chi connectivity index (χ4n) is 9.50. The third kappa shape index (κ3) is 11.8. The molecule has 0 atom stereocenters. The summed E-state index contributed by atoms with van der Waals surface area (Å²) in [6.07, 6.45) is 20.5. The summed E-state index contributed by atoms with van der Waals surface area (Å²) in [5.74, 6) is 0. The number of hydrogen-bond acceptors (Lipinski definition) is 0. The number of benzene rings is 6. The van der Waals surface area contributed by atoms with Crippen molar-refractivity contribution in [2.75, 3.05) is 0 Å². The molecule has 0 heterocycles. The predicted octanol–water partition coefficient (Wildman–Crippen LogP) is 15.8. The summed E-state index contributed by atoms with van der Waals surface area (Å²) >= 11 is 0. The van der Waals surface area contributed by atoms with Gasteiger partial charge < -0.3 is 0 Å². The van der Waals surface area contributed by atoms with Crippen molar-refractivity contribution < 1.29 is 9.74 Å². The van der Waals surface area contributed by atoms with E-state index in [1.54, 1.807) is 0 Å². The van der Waals surface area contributed by atoms with Crippen molar-refractivity contribution in [2.24, 2.45) is 0 Å². The number of unbranched alkanes of at least 4 members (excludes halogenated alkanes) is 6. The molecule has 6 aromatic rings. The van der Waals surface area contributed by atoms with Crippen molar-refractivity contribution >= 4 is 64.3 Å². The van der Waals surface area contributed by atoms with Crippen molar-refractivity contribution in [3.05, 3.63) is 179 Å². The zero-order valence-corrected chi connectivity index (χ0v) is 45.2. The monoisotopic (exact) mass is 990 g/mol. The van der Waals surface area contributed by atoms with Crippen LogP contribution in [0.15, 0.2) is 146 Å². The standard InChI is InChI=1S/2C30H39P.2ClH.Ni/c2*1-4-7-10-25-13-19-28(20-14-25)31(29-21-15-26(16-22-29)11-8-5-2)30-23-17-27(18-24-30)12-9-6-3;;;/h2*13-24H,4-12H2,1-3H3;2*1H;. The van der Waals surface area contributed by atoms with Crippen LogP contribution in [0.1, 0.15) is 152 Å². The first-order chi connectivity index (χ1) is 31.7. The fourth-order valence-corrected chi connectivity index (χ4v) is 49.4. The predicted molar refractivity (Wildman–Crippen MR) is 296 cm³/mol. The Kier molecular flexibility index (Phi) is 20.3. The van der Waals surface area contributed by atoms with Gasteiger partial charge in [0.05, 0.1) is 0 Å². The average molecular weight is 993 g/mol. The van der Waals surface area contributed by atoms with Gasteiger partial charge in [-0.15, -0.1) is 0 Å². The first-order valence-corrected chi connectivity index (χ1v) is 34.7. The van der Waals surface area contributed by atoms with E-state index in [9.17, 15) is 20.4 Å². The molecule has 0 aliphatic heterocycles. The Balaban J connectivity index is 1.79. The molecule has 0 fully saturated rings. The van der Waals surface area contributed by atoms with E-state index in [2.05, 4.69) is 187 Å². The second-order valence-corrected chi connectivity index (χ2v) is 41.9. The van der Waals surface area contributed by atoms with Crippen LogP contribution >= 0.6 is 32.5 Å². The van der Waals surface area contributed by atoms with E-state index in [1.807, 2.05) is 0 Å². The van der Waals surface area contributed by atoms with Gasteiger partial charge in [0.2, 0.25) is 0 Å². The maximum absolute atomic E-state index is 9.31. The van der Waals surface area contributed by atoms with E-state index in [0.29, 0.717) is 0 Å². The molecule has 0 amide bonds. The van der Waals surface area contributed by atoms with Crippen molar-refractivity contribution in [3.63, 3.8) is 0 Å². The van der Waals surface area contributed by atoms with Gasteiger partial charge in [-0.1, -0.05) is 0 Å². The Bertz CT molecular complexity index is 1870. The van der Waals surface area contributed by atoms with Gasteiger partial charge in [-0.05, 0) is 0 Å². The molecule has 0 unspecified atom stereocenters. The topological polar surface area (TPSA) is 0 Å². The Morgan fingerprint density at radius 3 is 0.523 bits per heavy atom. The normalized spacial score (nSPS) is 12.9. The number of aryl methyl sites for hydroxylation is 6. The third-order valence-electron chi connectivity index (χ3n) is 13.5. The molecular formula is C60H80Cl2NiP2. The van der Waals surface area contributed by atoms with Crippen LogP contribution in [0.5, 0.6) is 0 Å². The zero-order chi connectivity index (χ0) is 46.1. The van der Waals surface area contributed by atoms with Gasteiger partial charge in [-0.3, -0.25) is 0 Å². The molecule has 0 N–H and O–H groups in total. The summed E-state index contributed by atoms with van der Waals surface area (Å²) in [6.45, 7) is 13.7. The molecule has 0 saturated carbocycles. The minimum atomic E-state index is -3.42. The summed E-state index contributed by atoms with van der Waals surface area (Å²) in [7, 11) is 15.7. The SMILES string of the molecule is CCCCc1ccc([PH](c2ccc(CCCC)cc2)(c2ccc(CCCC)cc2)[Ni]([Cl])([Cl])[PH](c2ccc(CCCC)cc2)(c2ccc(CCCC)cc2)c2ccc(CCCC)cc2)cc1. The zero-order valence-electron chi connectivity index (χ0n) is 40.7. The van der Waals surface area contributed by atoms with Crippen LogP contribution < -0.4 is 31.8 Å². The molecule has 0 aliphatic carbocycles. The Labute approximate surface area is 407 Å². The van der Waals surface area contributed by atoms with Gasteiger partial charge in [-0.25, -0.2) is 0 Å². The Hall–Kier alpha value is -2.75. The molecule has 0 bridgehead atoms. The van der Waals surface area contributed by atoms with Gasteiger partial charge in [0.15, 0.2) is 0 Å². The molecule has 0 spiro atoms. The molecule has 0 nitrogen and oxygen atoms in total. The van der Waals surface area contributed by atoms with E-state index < -0.39 is 21.8 Å². The summed E-state index contributed by atoms with van der Waals surface area (Å²) in [5, 5.41) is 7.84. The molecule has 0 saturated heterocycles. The third-order valence-corrected chi connectivity index (χ3v) is 46.7. The van der Waals surface area contributed by atoms with E-state index >= 15 is 0 Å². The second-order valence-electron chi connectivity index (χ2n) is 18.4. The van der Waals surface area contributed by atoms with Crippen LogP contribution in [0.25, 0.3) is 0 Å². The molecule has 354 valence electrons. The summed E-state index contributed by atoms with van der Waals surface area (Å²) < 4.78 is 0. The Morgan fingerprint density at radius 2 is 0.400 bits per heavy atom. The minimum absolute atomic E-state index is 1.07. The van der Waals surface area contributed by atoms with E-state index in [4.69, 9.17) is 0 Å². The van der Waals surface area contributed by atoms with Crippen LogP contribution in [0, 0.1) is 0 Å². The first-order valence-electron chi connectivity index (χ1n) is 25.3. The molecule has 0 aromatic heterocycles. The summed E-state index contributed by atoms with van der Waals surface area (Å²) in [4.78, 5) is 0. The van der Waals surface area contributed by atoms with E-state index in [-0.39, 0.29) is 0 Å². The van der Waals surface area contributed by atoms with Gasteiger partial charge in [0, 0.05) is 0 Å². The summed E-state index contributed by atoms with van der Waals surface area (Å²) in [5.41, 5.74) is 8.28. The van der Waals surface area contributed by atoms with Gasteiger partial charge in [0.25, 0.3) is 0 Å². The summed E-state index contributed by atoms with van der Waals surface area (Å²) in [6, 6.07) is 51.5. The molecule has 5 heteroatoms. The van der Waals surface area contributed by atoms with Gasteiger partial charge in [-0.2, -0.15) is 0 Å².